The SMILES string of the molecule is Cc1ccc(OCC(=O)NC23CC(CC(=O)C4(C)CC(=O)c5cc(Cl)ccc5O4)(C2)C3)cc1F. The van der Waals surface area contributed by atoms with E-state index in [0.717, 1.165) is 0 Å². The van der Waals surface area contributed by atoms with Crippen molar-refractivity contribution in [3.05, 3.63) is 58.4 Å². The van der Waals surface area contributed by atoms with Crippen molar-refractivity contribution in [1.82, 2.24) is 5.32 Å². The van der Waals surface area contributed by atoms with Crippen molar-refractivity contribution < 1.29 is 28.2 Å². The van der Waals surface area contributed by atoms with Crippen LogP contribution in [0.5, 0.6) is 11.5 Å². The summed E-state index contributed by atoms with van der Waals surface area (Å²) < 4.78 is 25.0. The van der Waals surface area contributed by atoms with Crippen LogP contribution in [0.1, 0.15) is 54.9 Å². The van der Waals surface area contributed by atoms with E-state index in [9.17, 15) is 18.8 Å². The topological polar surface area (TPSA) is 81.7 Å². The molecule has 1 atom stereocenters. The van der Waals surface area contributed by atoms with Crippen LogP contribution in [0.3, 0.4) is 0 Å². The number of halogens is 2. The molecule has 6 rings (SSSR count). The molecule has 3 fully saturated rings. The molecule has 0 spiro atoms. The molecular formula is C26H25ClFNO5. The van der Waals surface area contributed by atoms with Gasteiger partial charge in [-0.15, -0.1) is 0 Å². The minimum absolute atomic E-state index is 0.0198. The van der Waals surface area contributed by atoms with Crippen LogP contribution in [0, 0.1) is 18.2 Å². The zero-order valence-corrected chi connectivity index (χ0v) is 19.8. The third-order valence-electron chi connectivity index (χ3n) is 7.26. The monoisotopic (exact) mass is 485 g/mol. The summed E-state index contributed by atoms with van der Waals surface area (Å²) >= 11 is 5.98. The number of fused-ring (bicyclic) bond motifs is 1. The highest BCUT2D eigenvalue weighted by molar-refractivity contribution is 6.31. The Morgan fingerprint density at radius 1 is 1.18 bits per heavy atom. The number of carbonyl (C=O) groups excluding carboxylic acids is 3. The number of amides is 1. The summed E-state index contributed by atoms with van der Waals surface area (Å²) in [5.74, 6) is -0.235. The molecule has 0 aromatic heterocycles. The molecule has 1 amide bonds. The van der Waals surface area contributed by atoms with Gasteiger partial charge in [-0.3, -0.25) is 14.4 Å². The zero-order chi connectivity index (χ0) is 24.3. The maximum absolute atomic E-state index is 13.6. The molecule has 1 heterocycles. The Labute approximate surface area is 201 Å². The van der Waals surface area contributed by atoms with Gasteiger partial charge in [-0.25, -0.2) is 4.39 Å². The van der Waals surface area contributed by atoms with Crippen LogP contribution in [0.15, 0.2) is 36.4 Å². The van der Waals surface area contributed by atoms with Crippen LogP contribution >= 0.6 is 11.6 Å². The van der Waals surface area contributed by atoms with E-state index in [0.29, 0.717) is 53.3 Å². The summed E-state index contributed by atoms with van der Waals surface area (Å²) in [6.07, 6.45) is 2.39. The van der Waals surface area contributed by atoms with E-state index in [1.54, 1.807) is 44.2 Å². The highest BCUT2D eigenvalue weighted by Crippen LogP contribution is 2.69. The van der Waals surface area contributed by atoms with Gasteiger partial charge in [-0.05, 0) is 68.4 Å². The lowest BCUT2D eigenvalue weighted by Crippen LogP contribution is -2.75. The van der Waals surface area contributed by atoms with E-state index in [1.165, 1.54) is 6.07 Å². The Kier molecular flexibility index (Phi) is 5.24. The smallest absolute Gasteiger partial charge is 0.258 e. The minimum atomic E-state index is -1.21. The highest BCUT2D eigenvalue weighted by Gasteiger charge is 2.69. The fourth-order valence-corrected chi connectivity index (χ4v) is 5.81. The van der Waals surface area contributed by atoms with Crippen LogP contribution < -0.4 is 14.8 Å². The van der Waals surface area contributed by atoms with Crippen molar-refractivity contribution >= 4 is 29.1 Å². The van der Waals surface area contributed by atoms with E-state index < -0.39 is 5.60 Å². The normalized spacial score (nSPS) is 28.6. The van der Waals surface area contributed by atoms with Crippen molar-refractivity contribution in [2.75, 3.05) is 6.61 Å². The molecule has 2 aromatic rings. The molecule has 4 aliphatic rings. The number of Topliss-reactive ketones (excluding diaryl/α,β-unsaturated/α-hetero) is 2. The third kappa shape index (κ3) is 3.96. The fraction of sp³-hybridized carbons (Fsp3) is 0.423. The van der Waals surface area contributed by atoms with E-state index in [4.69, 9.17) is 21.1 Å². The number of hydrogen-bond acceptors (Lipinski definition) is 5. The van der Waals surface area contributed by atoms with Gasteiger partial charge in [0, 0.05) is 23.0 Å². The molecular weight excluding hydrogens is 461 g/mol. The molecule has 0 radical (unpaired) electrons. The van der Waals surface area contributed by atoms with Gasteiger partial charge in [0.1, 0.15) is 17.3 Å². The van der Waals surface area contributed by atoms with Crippen molar-refractivity contribution in [2.45, 2.75) is 57.1 Å². The van der Waals surface area contributed by atoms with Crippen LogP contribution in [0.4, 0.5) is 4.39 Å². The van der Waals surface area contributed by atoms with Crippen molar-refractivity contribution in [2.24, 2.45) is 5.41 Å². The lowest BCUT2D eigenvalue weighted by atomic mass is 9.38. The Hall–Kier alpha value is -2.93. The molecule has 3 saturated carbocycles. The van der Waals surface area contributed by atoms with Gasteiger partial charge < -0.3 is 14.8 Å². The number of rotatable bonds is 7. The number of ketones is 2. The summed E-state index contributed by atoms with van der Waals surface area (Å²) in [7, 11) is 0. The molecule has 178 valence electrons. The molecule has 6 nitrogen and oxygen atoms in total. The second-order valence-electron chi connectivity index (χ2n) is 10.2. The average Bonchev–Trinajstić information content (AvgIpc) is 2.72. The van der Waals surface area contributed by atoms with Crippen LogP contribution in [-0.2, 0) is 9.59 Å². The summed E-state index contributed by atoms with van der Waals surface area (Å²) in [6.45, 7) is 3.12. The Balaban J connectivity index is 1.13. The van der Waals surface area contributed by atoms with E-state index in [1.807, 2.05) is 0 Å². The molecule has 0 saturated heterocycles. The van der Waals surface area contributed by atoms with Gasteiger partial charge in [0.05, 0.1) is 12.0 Å². The van der Waals surface area contributed by atoms with Gasteiger partial charge in [0.15, 0.2) is 23.8 Å². The molecule has 1 unspecified atom stereocenters. The van der Waals surface area contributed by atoms with E-state index in [2.05, 4.69) is 5.32 Å². The summed E-state index contributed by atoms with van der Waals surface area (Å²) in [5.41, 5.74) is -0.772. The lowest BCUT2D eigenvalue weighted by molar-refractivity contribution is -0.178. The largest absolute Gasteiger partial charge is 0.484 e. The number of ether oxygens (including phenoxy) is 2. The Morgan fingerprint density at radius 2 is 1.91 bits per heavy atom. The lowest BCUT2D eigenvalue weighted by Gasteiger charge is -2.71. The maximum atomic E-state index is 13.6. The number of aryl methyl sites for hydroxylation is 1. The first kappa shape index (κ1) is 22.8. The molecule has 2 bridgehead atoms. The molecule has 2 aromatic carbocycles. The van der Waals surface area contributed by atoms with Crippen LogP contribution in [0.25, 0.3) is 0 Å². The van der Waals surface area contributed by atoms with Crippen molar-refractivity contribution in [3.8, 4) is 11.5 Å². The molecule has 8 heteroatoms. The predicted octanol–water partition coefficient (Wildman–Crippen LogP) is 4.59. The molecule has 1 aliphatic heterocycles. The quantitative estimate of drug-likeness (QED) is 0.620. The number of hydrogen-bond donors (Lipinski definition) is 1. The van der Waals surface area contributed by atoms with Gasteiger partial charge in [-0.1, -0.05) is 17.7 Å². The Morgan fingerprint density at radius 3 is 2.62 bits per heavy atom. The van der Waals surface area contributed by atoms with Gasteiger partial charge in [0.25, 0.3) is 5.91 Å². The summed E-state index contributed by atoms with van der Waals surface area (Å²) in [4.78, 5) is 38.1. The Bertz CT molecular complexity index is 1210. The molecule has 3 aliphatic carbocycles. The second kappa shape index (κ2) is 7.80. The second-order valence-corrected chi connectivity index (χ2v) is 10.7. The van der Waals surface area contributed by atoms with E-state index >= 15 is 0 Å². The fourth-order valence-electron chi connectivity index (χ4n) is 5.63. The molecule has 34 heavy (non-hydrogen) atoms. The maximum Gasteiger partial charge on any atom is 0.258 e. The predicted molar refractivity (Wildman–Crippen MR) is 123 cm³/mol. The van der Waals surface area contributed by atoms with Crippen LogP contribution in [-0.4, -0.2) is 35.2 Å². The van der Waals surface area contributed by atoms with E-state index in [-0.39, 0.29) is 47.3 Å². The zero-order valence-electron chi connectivity index (χ0n) is 19.0. The van der Waals surface area contributed by atoms with Gasteiger partial charge in [-0.2, -0.15) is 0 Å². The van der Waals surface area contributed by atoms with Gasteiger partial charge in [0.2, 0.25) is 0 Å². The first-order valence-corrected chi connectivity index (χ1v) is 11.6. The number of nitrogens with one attached hydrogen (secondary N) is 1. The first-order chi connectivity index (χ1) is 16.0. The highest BCUT2D eigenvalue weighted by atomic mass is 35.5. The summed E-state index contributed by atoms with van der Waals surface area (Å²) in [6, 6.07) is 9.31. The van der Waals surface area contributed by atoms with Crippen molar-refractivity contribution in [3.63, 3.8) is 0 Å². The average molecular weight is 486 g/mol. The third-order valence-corrected chi connectivity index (χ3v) is 7.49. The first-order valence-electron chi connectivity index (χ1n) is 11.3. The van der Waals surface area contributed by atoms with Gasteiger partial charge >= 0.3 is 0 Å². The standard InChI is InChI=1S/C26H25ClFNO5/c1-15-3-5-17(8-19(15)28)33-11-23(32)29-26-12-25(13-26,14-26)10-22(31)24(2)9-20(30)18-7-16(27)4-6-21(18)34-24/h3-8H,9-14H2,1-2H3,(H,29,32). The minimum Gasteiger partial charge on any atom is -0.484 e. The van der Waals surface area contributed by atoms with Crippen LogP contribution in [0.2, 0.25) is 5.02 Å². The number of carbonyl (C=O) groups is 3. The number of benzene rings is 2. The van der Waals surface area contributed by atoms with Crippen molar-refractivity contribution in [1.29, 1.82) is 0 Å². The summed E-state index contributed by atoms with van der Waals surface area (Å²) in [5, 5.41) is 3.45. The molecule has 1 N–H and O–H groups in total.